The molecular weight excluding hydrogens is 216 g/mol. The maximum Gasteiger partial charge on any atom is 0.234 e. The molecule has 1 aromatic carbocycles. The zero-order chi connectivity index (χ0) is 9.97. The monoisotopic (exact) mass is 222 g/mol. The minimum absolute atomic E-state index is 0.0194. The maximum absolute atomic E-state index is 11.1. The van der Waals surface area contributed by atoms with Gasteiger partial charge in [-0.15, -0.1) is 11.8 Å². The number of carbonyl (C=O) groups is 1. The third-order valence-electron chi connectivity index (χ3n) is 1.77. The topological polar surface area (TPSA) is 41.5 Å². The molecule has 0 saturated carbocycles. The molecule has 1 aliphatic rings. The molecule has 0 atom stereocenters. The van der Waals surface area contributed by atoms with Crippen LogP contribution in [0.25, 0.3) is 0 Å². The molecule has 0 saturated heterocycles. The van der Waals surface area contributed by atoms with Gasteiger partial charge < -0.3 is 5.32 Å². The number of aliphatic imine (C=N–C) groups is 1. The van der Waals surface area contributed by atoms with Gasteiger partial charge in [-0.1, -0.05) is 0 Å². The second kappa shape index (κ2) is 3.92. The Labute approximate surface area is 90.6 Å². The van der Waals surface area contributed by atoms with E-state index in [-0.39, 0.29) is 5.91 Å². The van der Waals surface area contributed by atoms with Crippen LogP contribution in [0.15, 0.2) is 28.1 Å². The third-order valence-corrected chi connectivity index (χ3v) is 2.94. The fraction of sp³-hybridized carbons (Fsp3) is 0.111. The van der Waals surface area contributed by atoms with Crippen molar-refractivity contribution < 1.29 is 4.79 Å². The SMILES string of the molecule is O=C1CSc2ccc(N=C=S)cc2N1. The Balaban J connectivity index is 2.42. The van der Waals surface area contributed by atoms with Gasteiger partial charge in [-0.2, -0.15) is 4.99 Å². The van der Waals surface area contributed by atoms with Crippen LogP contribution in [0.3, 0.4) is 0 Å². The molecule has 0 fully saturated rings. The lowest BCUT2D eigenvalue weighted by molar-refractivity contribution is -0.113. The number of benzene rings is 1. The van der Waals surface area contributed by atoms with Crippen molar-refractivity contribution in [2.24, 2.45) is 4.99 Å². The van der Waals surface area contributed by atoms with Crippen molar-refractivity contribution in [1.82, 2.24) is 0 Å². The summed E-state index contributed by atoms with van der Waals surface area (Å²) in [7, 11) is 0. The summed E-state index contributed by atoms with van der Waals surface area (Å²) in [4.78, 5) is 16.0. The number of hydrogen-bond donors (Lipinski definition) is 1. The number of rotatable bonds is 1. The van der Waals surface area contributed by atoms with Crippen LogP contribution in [0.1, 0.15) is 0 Å². The maximum atomic E-state index is 11.1. The number of thiocarbonyl (C=S) groups is 1. The smallest absolute Gasteiger partial charge is 0.234 e. The number of carbonyl (C=O) groups excluding carboxylic acids is 1. The Kier molecular flexibility index (Phi) is 2.63. The first-order valence-corrected chi connectivity index (χ1v) is 5.33. The zero-order valence-corrected chi connectivity index (χ0v) is 8.74. The molecule has 2 rings (SSSR count). The lowest BCUT2D eigenvalue weighted by Gasteiger charge is -2.15. The molecule has 14 heavy (non-hydrogen) atoms. The average molecular weight is 222 g/mol. The fourth-order valence-corrected chi connectivity index (χ4v) is 2.09. The molecule has 0 spiro atoms. The molecule has 3 nitrogen and oxygen atoms in total. The van der Waals surface area contributed by atoms with Crippen molar-refractivity contribution in [3.8, 4) is 0 Å². The van der Waals surface area contributed by atoms with Crippen molar-refractivity contribution in [3.63, 3.8) is 0 Å². The molecule has 1 aliphatic heterocycles. The van der Waals surface area contributed by atoms with Gasteiger partial charge in [0.05, 0.1) is 22.3 Å². The number of nitrogens with one attached hydrogen (secondary N) is 1. The normalized spacial score (nSPS) is 13.9. The Morgan fingerprint density at radius 2 is 2.43 bits per heavy atom. The van der Waals surface area contributed by atoms with E-state index in [4.69, 9.17) is 0 Å². The van der Waals surface area contributed by atoms with Crippen molar-refractivity contribution in [3.05, 3.63) is 18.2 Å². The number of fused-ring (bicyclic) bond motifs is 1. The highest BCUT2D eigenvalue weighted by molar-refractivity contribution is 8.00. The lowest BCUT2D eigenvalue weighted by Crippen LogP contribution is -2.18. The molecule has 70 valence electrons. The molecule has 0 aliphatic carbocycles. The first-order chi connectivity index (χ1) is 6.79. The quantitative estimate of drug-likeness (QED) is 0.586. The molecule has 1 aromatic rings. The van der Waals surface area contributed by atoms with Gasteiger partial charge >= 0.3 is 0 Å². The summed E-state index contributed by atoms with van der Waals surface area (Å²) in [5, 5.41) is 5.07. The Morgan fingerprint density at radius 1 is 1.57 bits per heavy atom. The Bertz CT molecular complexity index is 438. The van der Waals surface area contributed by atoms with Crippen molar-refractivity contribution >= 4 is 46.4 Å². The van der Waals surface area contributed by atoms with Gasteiger partial charge in [-0.05, 0) is 30.4 Å². The number of amides is 1. The van der Waals surface area contributed by atoms with Gasteiger partial charge in [-0.3, -0.25) is 4.79 Å². The van der Waals surface area contributed by atoms with Crippen LogP contribution in [0.2, 0.25) is 0 Å². The van der Waals surface area contributed by atoms with Crippen LogP contribution >= 0.6 is 24.0 Å². The summed E-state index contributed by atoms with van der Waals surface area (Å²) >= 11 is 6.03. The van der Waals surface area contributed by atoms with E-state index >= 15 is 0 Å². The first kappa shape index (κ1) is 9.40. The summed E-state index contributed by atoms with van der Waals surface area (Å²) in [5.74, 6) is 0.494. The minimum Gasteiger partial charge on any atom is -0.324 e. The second-order valence-electron chi connectivity index (χ2n) is 2.72. The number of hydrogen-bond acceptors (Lipinski definition) is 4. The van der Waals surface area contributed by atoms with Crippen molar-refractivity contribution in [2.45, 2.75) is 4.90 Å². The lowest BCUT2D eigenvalue weighted by atomic mass is 10.2. The van der Waals surface area contributed by atoms with Gasteiger partial charge in [0.2, 0.25) is 5.91 Å². The predicted octanol–water partition coefficient (Wildman–Crippen LogP) is 2.47. The highest BCUT2D eigenvalue weighted by Crippen LogP contribution is 2.33. The highest BCUT2D eigenvalue weighted by Gasteiger charge is 2.14. The van der Waals surface area contributed by atoms with Crippen LogP contribution in [0.4, 0.5) is 11.4 Å². The Morgan fingerprint density at radius 3 is 3.21 bits per heavy atom. The molecule has 0 unspecified atom stereocenters. The van der Waals surface area contributed by atoms with E-state index in [0.29, 0.717) is 11.4 Å². The fourth-order valence-electron chi connectivity index (χ4n) is 1.19. The highest BCUT2D eigenvalue weighted by atomic mass is 32.2. The molecule has 5 heteroatoms. The number of isothiocyanates is 1. The summed E-state index contributed by atoms with van der Waals surface area (Å²) < 4.78 is 0. The van der Waals surface area contributed by atoms with Crippen LogP contribution in [-0.4, -0.2) is 16.8 Å². The molecule has 1 N–H and O–H groups in total. The Hall–Kier alpha value is -1.16. The van der Waals surface area contributed by atoms with E-state index in [0.717, 1.165) is 10.6 Å². The molecule has 1 amide bonds. The summed E-state index contributed by atoms with van der Waals surface area (Å²) in [6.07, 6.45) is 0. The van der Waals surface area contributed by atoms with E-state index in [1.54, 1.807) is 6.07 Å². The summed E-state index contributed by atoms with van der Waals surface area (Å²) in [6, 6.07) is 5.56. The third kappa shape index (κ3) is 1.85. The van der Waals surface area contributed by atoms with Gasteiger partial charge in [0.1, 0.15) is 0 Å². The standard InChI is InChI=1S/C9H6N2OS2/c12-9-4-14-8-2-1-6(10-5-13)3-7(8)11-9/h1-3H,4H2,(H,11,12). The van der Waals surface area contributed by atoms with E-state index in [1.165, 1.54) is 11.8 Å². The van der Waals surface area contributed by atoms with Crippen molar-refractivity contribution in [1.29, 1.82) is 0 Å². The second-order valence-corrected chi connectivity index (χ2v) is 3.92. The molecular formula is C9H6N2OS2. The average Bonchev–Trinajstić information content (AvgIpc) is 2.17. The van der Waals surface area contributed by atoms with Crippen LogP contribution in [0, 0.1) is 0 Å². The predicted molar refractivity (Wildman–Crippen MR) is 60.5 cm³/mol. The van der Waals surface area contributed by atoms with E-state index in [1.807, 2.05) is 12.1 Å². The molecule has 1 heterocycles. The van der Waals surface area contributed by atoms with E-state index in [9.17, 15) is 4.79 Å². The van der Waals surface area contributed by atoms with Gasteiger partial charge in [-0.25, -0.2) is 0 Å². The summed E-state index contributed by atoms with van der Waals surface area (Å²) in [5.41, 5.74) is 1.51. The van der Waals surface area contributed by atoms with Gasteiger partial charge in [0, 0.05) is 4.90 Å². The minimum atomic E-state index is 0.0194. The van der Waals surface area contributed by atoms with E-state index in [2.05, 4.69) is 27.7 Å². The molecule has 0 bridgehead atoms. The zero-order valence-electron chi connectivity index (χ0n) is 7.11. The van der Waals surface area contributed by atoms with Crippen LogP contribution in [-0.2, 0) is 4.79 Å². The van der Waals surface area contributed by atoms with Crippen LogP contribution < -0.4 is 5.32 Å². The number of thioether (sulfide) groups is 1. The van der Waals surface area contributed by atoms with E-state index < -0.39 is 0 Å². The largest absolute Gasteiger partial charge is 0.324 e. The number of anilines is 1. The summed E-state index contributed by atoms with van der Waals surface area (Å²) in [6.45, 7) is 0. The van der Waals surface area contributed by atoms with Crippen molar-refractivity contribution in [2.75, 3.05) is 11.1 Å². The van der Waals surface area contributed by atoms with Gasteiger partial charge in [0.15, 0.2) is 0 Å². The number of nitrogens with zero attached hydrogens (tertiary/aromatic N) is 1. The molecule has 0 radical (unpaired) electrons. The molecule has 0 aromatic heterocycles. The van der Waals surface area contributed by atoms with Crippen LogP contribution in [0.5, 0.6) is 0 Å². The first-order valence-electron chi connectivity index (χ1n) is 3.94. The van der Waals surface area contributed by atoms with Gasteiger partial charge in [0.25, 0.3) is 0 Å².